The summed E-state index contributed by atoms with van der Waals surface area (Å²) in [5.41, 5.74) is 7.72. The Kier molecular flexibility index (Phi) is 2.18. The van der Waals surface area contributed by atoms with Crippen LogP contribution in [0.15, 0.2) is 30.6 Å². The highest BCUT2D eigenvalue weighted by Crippen LogP contribution is 2.13. The molecule has 0 bridgehead atoms. The molecule has 0 aliphatic heterocycles. The molecule has 0 saturated heterocycles. The zero-order valence-corrected chi connectivity index (χ0v) is 8.01. The van der Waals surface area contributed by atoms with E-state index in [4.69, 9.17) is 5.73 Å². The lowest BCUT2D eigenvalue weighted by Crippen LogP contribution is -2.02. The van der Waals surface area contributed by atoms with Crippen molar-refractivity contribution in [2.45, 2.75) is 6.42 Å². The lowest BCUT2D eigenvalue weighted by Gasteiger charge is -2.03. The fourth-order valence-electron chi connectivity index (χ4n) is 1.35. The maximum Gasteiger partial charge on any atom is 0.138 e. The number of aryl methyl sites for hydroxylation is 1. The van der Waals surface area contributed by atoms with Gasteiger partial charge in [0, 0.05) is 19.2 Å². The maximum atomic E-state index is 5.83. The number of hydrogen-bond donors (Lipinski definition) is 1. The molecule has 4 heteroatoms. The molecule has 4 nitrogen and oxygen atoms in total. The number of para-hydroxylation sites is 1. The molecule has 72 valence electrons. The number of rotatable bonds is 2. The van der Waals surface area contributed by atoms with Crippen LogP contribution in [0.4, 0.5) is 5.69 Å². The zero-order chi connectivity index (χ0) is 9.97. The number of nitrogens with two attached hydrogens (primary N) is 1. The molecule has 1 aromatic heterocycles. The number of nitrogen functional groups attached to an aromatic ring is 1. The van der Waals surface area contributed by atoms with Crippen LogP contribution < -0.4 is 5.73 Å². The van der Waals surface area contributed by atoms with E-state index in [1.54, 1.807) is 11.0 Å². The molecule has 2 rings (SSSR count). The van der Waals surface area contributed by atoms with E-state index < -0.39 is 0 Å². The molecule has 0 spiro atoms. The minimum Gasteiger partial charge on any atom is -0.398 e. The maximum absolute atomic E-state index is 5.83. The fourth-order valence-corrected chi connectivity index (χ4v) is 1.35. The van der Waals surface area contributed by atoms with E-state index in [9.17, 15) is 0 Å². The largest absolute Gasteiger partial charge is 0.398 e. The van der Waals surface area contributed by atoms with Crippen LogP contribution in [0.2, 0.25) is 0 Å². The van der Waals surface area contributed by atoms with Crippen LogP contribution in [-0.2, 0) is 13.5 Å². The van der Waals surface area contributed by atoms with Gasteiger partial charge in [-0.15, -0.1) is 0 Å². The first-order valence-electron chi connectivity index (χ1n) is 4.43. The summed E-state index contributed by atoms with van der Waals surface area (Å²) in [4.78, 5) is 4.15. The molecule has 0 amide bonds. The van der Waals surface area contributed by atoms with E-state index >= 15 is 0 Å². The number of nitrogens with zero attached hydrogens (tertiary/aromatic N) is 3. The van der Waals surface area contributed by atoms with Crippen LogP contribution >= 0.6 is 0 Å². The Morgan fingerprint density at radius 3 is 2.79 bits per heavy atom. The molecule has 0 aliphatic carbocycles. The summed E-state index contributed by atoms with van der Waals surface area (Å²) in [5, 5.41) is 4.01. The molecule has 0 saturated carbocycles. The van der Waals surface area contributed by atoms with E-state index in [0.29, 0.717) is 0 Å². The van der Waals surface area contributed by atoms with Gasteiger partial charge in [0.25, 0.3) is 0 Å². The molecule has 1 aromatic carbocycles. The van der Waals surface area contributed by atoms with Crippen LogP contribution in [-0.4, -0.2) is 14.8 Å². The molecule has 14 heavy (non-hydrogen) atoms. The number of aromatic nitrogens is 3. The van der Waals surface area contributed by atoms with Crippen molar-refractivity contribution < 1.29 is 0 Å². The van der Waals surface area contributed by atoms with Gasteiger partial charge in [0.15, 0.2) is 0 Å². The predicted molar refractivity (Wildman–Crippen MR) is 54.7 cm³/mol. The Bertz CT molecular complexity index is 433. The summed E-state index contributed by atoms with van der Waals surface area (Å²) in [6.07, 6.45) is 2.28. The van der Waals surface area contributed by atoms with E-state index in [-0.39, 0.29) is 0 Å². The summed E-state index contributed by atoms with van der Waals surface area (Å²) in [7, 11) is 1.88. The average molecular weight is 188 g/mol. The third-order valence-electron chi connectivity index (χ3n) is 2.21. The van der Waals surface area contributed by atoms with Crippen molar-refractivity contribution in [1.82, 2.24) is 14.8 Å². The van der Waals surface area contributed by atoms with Crippen LogP contribution in [0, 0.1) is 0 Å². The molecule has 0 aliphatic rings. The fraction of sp³-hybridized carbons (Fsp3) is 0.200. The number of hydrogen-bond acceptors (Lipinski definition) is 3. The molecule has 2 N–H and O–H groups in total. The minimum atomic E-state index is 0.725. The highest BCUT2D eigenvalue weighted by molar-refractivity contribution is 5.47. The Morgan fingerprint density at radius 1 is 1.36 bits per heavy atom. The molecular formula is C10H12N4. The smallest absolute Gasteiger partial charge is 0.138 e. The highest BCUT2D eigenvalue weighted by atomic mass is 15.3. The number of anilines is 1. The van der Waals surface area contributed by atoms with Crippen molar-refractivity contribution in [3.8, 4) is 0 Å². The minimum absolute atomic E-state index is 0.725. The van der Waals surface area contributed by atoms with E-state index in [2.05, 4.69) is 10.1 Å². The molecular weight excluding hydrogens is 176 g/mol. The lowest BCUT2D eigenvalue weighted by atomic mass is 10.1. The number of benzene rings is 1. The first-order valence-corrected chi connectivity index (χ1v) is 4.43. The van der Waals surface area contributed by atoms with E-state index in [1.165, 1.54) is 0 Å². The Labute approximate surface area is 82.4 Å². The standard InChI is InChI=1S/C10H12N4/c1-14-10(12-7-13-14)6-8-4-2-3-5-9(8)11/h2-5,7H,6,11H2,1H3. The Hall–Kier alpha value is -1.84. The van der Waals surface area contributed by atoms with Gasteiger partial charge in [-0.2, -0.15) is 5.10 Å². The average Bonchev–Trinajstić information content (AvgIpc) is 2.56. The molecule has 0 fully saturated rings. The second-order valence-electron chi connectivity index (χ2n) is 3.18. The molecule has 0 radical (unpaired) electrons. The molecule has 2 aromatic rings. The van der Waals surface area contributed by atoms with Gasteiger partial charge in [-0.1, -0.05) is 18.2 Å². The van der Waals surface area contributed by atoms with E-state index in [0.717, 1.165) is 23.5 Å². The van der Waals surface area contributed by atoms with Crippen molar-refractivity contribution in [2.75, 3.05) is 5.73 Å². The van der Waals surface area contributed by atoms with Crippen LogP contribution in [0.5, 0.6) is 0 Å². The second-order valence-corrected chi connectivity index (χ2v) is 3.18. The van der Waals surface area contributed by atoms with Crippen molar-refractivity contribution in [3.05, 3.63) is 42.0 Å². The monoisotopic (exact) mass is 188 g/mol. The highest BCUT2D eigenvalue weighted by Gasteiger charge is 2.04. The Balaban J connectivity index is 2.28. The van der Waals surface area contributed by atoms with Gasteiger partial charge in [0.2, 0.25) is 0 Å². The van der Waals surface area contributed by atoms with Gasteiger partial charge in [-0.25, -0.2) is 4.98 Å². The van der Waals surface area contributed by atoms with E-state index in [1.807, 2.05) is 31.3 Å². The lowest BCUT2D eigenvalue weighted by molar-refractivity contribution is 0.716. The van der Waals surface area contributed by atoms with Crippen molar-refractivity contribution >= 4 is 5.69 Å². The van der Waals surface area contributed by atoms with Gasteiger partial charge in [-0.05, 0) is 11.6 Å². The SMILES string of the molecule is Cn1ncnc1Cc1ccccc1N. The Morgan fingerprint density at radius 2 is 2.14 bits per heavy atom. The third kappa shape index (κ3) is 1.59. The van der Waals surface area contributed by atoms with Crippen LogP contribution in [0.25, 0.3) is 0 Å². The van der Waals surface area contributed by atoms with Crippen molar-refractivity contribution in [3.63, 3.8) is 0 Å². The predicted octanol–water partition coefficient (Wildman–Crippen LogP) is 0.988. The topological polar surface area (TPSA) is 56.7 Å². The summed E-state index contributed by atoms with van der Waals surface area (Å²) < 4.78 is 1.76. The van der Waals surface area contributed by atoms with Crippen LogP contribution in [0.3, 0.4) is 0 Å². The first-order chi connectivity index (χ1) is 6.77. The normalized spacial score (nSPS) is 10.4. The quantitative estimate of drug-likeness (QED) is 0.715. The summed E-state index contributed by atoms with van der Waals surface area (Å²) in [5.74, 6) is 0.919. The zero-order valence-electron chi connectivity index (χ0n) is 8.01. The second kappa shape index (κ2) is 3.49. The summed E-state index contributed by atoms with van der Waals surface area (Å²) >= 11 is 0. The van der Waals surface area contributed by atoms with Crippen molar-refractivity contribution in [2.24, 2.45) is 7.05 Å². The summed E-state index contributed by atoms with van der Waals surface area (Å²) in [6, 6.07) is 7.80. The summed E-state index contributed by atoms with van der Waals surface area (Å²) in [6.45, 7) is 0. The molecule has 0 atom stereocenters. The van der Waals surface area contributed by atoms with Gasteiger partial charge in [-0.3, -0.25) is 4.68 Å². The van der Waals surface area contributed by atoms with Crippen molar-refractivity contribution in [1.29, 1.82) is 0 Å². The molecule has 1 heterocycles. The van der Waals surface area contributed by atoms with Gasteiger partial charge in [0.05, 0.1) is 0 Å². The third-order valence-corrected chi connectivity index (χ3v) is 2.21. The van der Waals surface area contributed by atoms with Gasteiger partial charge < -0.3 is 5.73 Å². The first kappa shape index (κ1) is 8.74. The van der Waals surface area contributed by atoms with Gasteiger partial charge in [0.1, 0.15) is 12.2 Å². The molecule has 0 unspecified atom stereocenters. The van der Waals surface area contributed by atoms with Crippen LogP contribution in [0.1, 0.15) is 11.4 Å². The van der Waals surface area contributed by atoms with Gasteiger partial charge >= 0.3 is 0 Å².